The van der Waals surface area contributed by atoms with Crippen molar-refractivity contribution in [2.45, 2.75) is 205 Å². The molecule has 0 aromatic heterocycles. The van der Waals surface area contributed by atoms with E-state index >= 15 is 0 Å². The van der Waals surface area contributed by atoms with Gasteiger partial charge in [-0.2, -0.15) is 8.42 Å². The zero-order valence-corrected chi connectivity index (χ0v) is 37.8. The smallest absolute Gasteiger partial charge is 0.397 e. The van der Waals surface area contributed by atoms with Crippen LogP contribution in [0.5, 0.6) is 0 Å². The van der Waals surface area contributed by atoms with Crippen molar-refractivity contribution in [2.24, 2.45) is 0 Å². The van der Waals surface area contributed by atoms with Crippen LogP contribution >= 0.6 is 0 Å². The van der Waals surface area contributed by atoms with Gasteiger partial charge in [-0.25, -0.2) is 4.18 Å². The normalized spacial score (nSPS) is 20.8. The second-order valence-electron chi connectivity index (χ2n) is 15.6. The first-order valence-corrected chi connectivity index (χ1v) is 24.4. The minimum atomic E-state index is -5.07. The molecule has 348 valence electrons. The minimum absolute atomic E-state index is 0.0181. The van der Waals surface area contributed by atoms with Crippen molar-refractivity contribution in [2.75, 3.05) is 26.4 Å². The van der Waals surface area contributed by atoms with E-state index in [0.717, 1.165) is 83.5 Å². The van der Waals surface area contributed by atoms with Crippen LogP contribution in [0.25, 0.3) is 0 Å². The summed E-state index contributed by atoms with van der Waals surface area (Å²) in [6.07, 6.45) is 38.2. The number of hydrogen-bond donors (Lipinski definition) is 4. The molecule has 6 unspecified atom stereocenters. The molecular formula is C47H82O12S. The third-order valence-corrected chi connectivity index (χ3v) is 10.6. The third-order valence-electron chi connectivity index (χ3n) is 10.2. The molecule has 1 fully saturated rings. The maximum atomic E-state index is 12.8. The van der Waals surface area contributed by atoms with Gasteiger partial charge in [-0.15, -0.1) is 0 Å². The molecule has 0 aromatic rings. The lowest BCUT2D eigenvalue weighted by atomic mass is 9.99. The van der Waals surface area contributed by atoms with Crippen LogP contribution in [0.2, 0.25) is 0 Å². The van der Waals surface area contributed by atoms with Gasteiger partial charge in [0.05, 0.1) is 19.8 Å². The first-order chi connectivity index (χ1) is 29.1. The van der Waals surface area contributed by atoms with E-state index in [2.05, 4.69) is 78.8 Å². The molecule has 0 saturated carbocycles. The van der Waals surface area contributed by atoms with Gasteiger partial charge < -0.3 is 34.3 Å². The van der Waals surface area contributed by atoms with Crippen LogP contribution in [0, 0.1) is 0 Å². The number of unbranched alkanes of at least 4 members (excludes halogenated alkanes) is 16. The Labute approximate surface area is 363 Å². The van der Waals surface area contributed by atoms with E-state index in [0.29, 0.717) is 13.0 Å². The fourth-order valence-corrected chi connectivity index (χ4v) is 7.21. The molecule has 0 spiro atoms. The first-order valence-electron chi connectivity index (χ1n) is 23.0. The maximum absolute atomic E-state index is 12.8. The van der Waals surface area contributed by atoms with Crippen LogP contribution < -0.4 is 0 Å². The Kier molecular flexibility index (Phi) is 35.8. The SMILES string of the molecule is CC/C=C\C/C=C\C/C=C\C/C=C\C/C=C\CCCCCCOCC(COC1OC(CO)C(O)C(OS(=O)(=O)O)C1O)OC(=O)CCCCCCCCCCCCCCC. The van der Waals surface area contributed by atoms with Crippen LogP contribution in [-0.4, -0.2) is 97.5 Å². The lowest BCUT2D eigenvalue weighted by Gasteiger charge is -2.41. The van der Waals surface area contributed by atoms with Gasteiger partial charge in [0.2, 0.25) is 0 Å². The summed E-state index contributed by atoms with van der Waals surface area (Å²) in [6.45, 7) is 3.81. The molecule has 1 rings (SSSR count). The van der Waals surface area contributed by atoms with Crippen LogP contribution in [0.4, 0.5) is 0 Å². The van der Waals surface area contributed by atoms with Crippen LogP contribution in [-0.2, 0) is 38.3 Å². The number of rotatable bonds is 39. The van der Waals surface area contributed by atoms with E-state index in [4.69, 9.17) is 23.5 Å². The van der Waals surface area contributed by atoms with E-state index in [-0.39, 0.29) is 19.6 Å². The summed E-state index contributed by atoms with van der Waals surface area (Å²) in [5.41, 5.74) is 0. The van der Waals surface area contributed by atoms with Gasteiger partial charge in [-0.1, -0.05) is 164 Å². The number of ether oxygens (including phenoxy) is 4. The number of carbonyl (C=O) groups excluding carboxylic acids is 1. The van der Waals surface area contributed by atoms with Crippen molar-refractivity contribution in [3.63, 3.8) is 0 Å². The largest absolute Gasteiger partial charge is 0.457 e. The molecule has 1 aliphatic heterocycles. The summed E-state index contributed by atoms with van der Waals surface area (Å²) in [6, 6.07) is 0. The molecule has 0 bridgehead atoms. The predicted octanol–water partition coefficient (Wildman–Crippen LogP) is 9.74. The Morgan fingerprint density at radius 2 is 1.15 bits per heavy atom. The number of aliphatic hydroxyl groups excluding tert-OH is 3. The zero-order valence-electron chi connectivity index (χ0n) is 37.0. The zero-order chi connectivity index (χ0) is 43.9. The van der Waals surface area contributed by atoms with Crippen molar-refractivity contribution < 1.29 is 56.2 Å². The Bertz CT molecular complexity index is 1280. The Morgan fingerprint density at radius 3 is 1.68 bits per heavy atom. The van der Waals surface area contributed by atoms with Crippen LogP contribution in [0.1, 0.15) is 168 Å². The minimum Gasteiger partial charge on any atom is -0.457 e. The average molecular weight is 871 g/mol. The molecule has 6 atom stereocenters. The molecule has 0 aliphatic carbocycles. The summed E-state index contributed by atoms with van der Waals surface area (Å²) < 4.78 is 59.0. The summed E-state index contributed by atoms with van der Waals surface area (Å²) in [5.74, 6) is -0.410. The Morgan fingerprint density at radius 1 is 0.650 bits per heavy atom. The summed E-state index contributed by atoms with van der Waals surface area (Å²) in [4.78, 5) is 12.8. The van der Waals surface area contributed by atoms with Gasteiger partial charge >= 0.3 is 16.4 Å². The van der Waals surface area contributed by atoms with Crippen molar-refractivity contribution >= 4 is 16.4 Å². The lowest BCUT2D eigenvalue weighted by molar-refractivity contribution is -0.301. The highest BCUT2D eigenvalue weighted by atomic mass is 32.3. The van der Waals surface area contributed by atoms with Gasteiger partial charge in [0, 0.05) is 13.0 Å². The standard InChI is InChI=1S/C47H82O12S/c1-3-5-7-9-11-13-15-17-18-19-20-21-22-23-25-27-29-31-33-35-37-55-39-41(40-56-47-45(51)46(59-60(52,53)54)44(50)42(38-48)58-47)57-43(49)36-34-32-30-28-26-24-16-14-12-10-8-6-4-2/h5,7,11,13,17-18,20-21,23,25,41-42,44-48,50-51H,3-4,6,8-10,12,14-16,19,22,24,26-40H2,1-2H3,(H,52,53,54)/b7-5-,13-11-,18-17-,21-20-,25-23-. The van der Waals surface area contributed by atoms with Gasteiger partial charge in [-0.05, 0) is 57.8 Å². The second-order valence-corrected chi connectivity index (χ2v) is 16.7. The highest BCUT2D eigenvalue weighted by Crippen LogP contribution is 2.26. The van der Waals surface area contributed by atoms with Crippen molar-refractivity contribution in [3.8, 4) is 0 Å². The second kappa shape index (κ2) is 38.5. The summed E-state index contributed by atoms with van der Waals surface area (Å²) in [7, 11) is -5.07. The van der Waals surface area contributed by atoms with Gasteiger partial charge in [0.25, 0.3) is 0 Å². The highest BCUT2D eigenvalue weighted by molar-refractivity contribution is 7.80. The molecule has 1 aliphatic rings. The Balaban J connectivity index is 2.44. The van der Waals surface area contributed by atoms with Crippen LogP contribution in [0.3, 0.4) is 0 Å². The van der Waals surface area contributed by atoms with Crippen molar-refractivity contribution in [1.82, 2.24) is 0 Å². The first kappa shape index (κ1) is 55.8. The predicted molar refractivity (Wildman–Crippen MR) is 239 cm³/mol. The highest BCUT2D eigenvalue weighted by Gasteiger charge is 2.48. The van der Waals surface area contributed by atoms with E-state index < -0.39 is 59.8 Å². The molecule has 60 heavy (non-hydrogen) atoms. The molecule has 0 amide bonds. The fourth-order valence-electron chi connectivity index (χ4n) is 6.70. The average Bonchev–Trinajstić information content (AvgIpc) is 3.22. The summed E-state index contributed by atoms with van der Waals surface area (Å²) in [5, 5.41) is 30.7. The number of hydrogen-bond acceptors (Lipinski definition) is 11. The fraction of sp³-hybridized carbons (Fsp3) is 0.766. The molecule has 12 nitrogen and oxygen atoms in total. The number of carbonyl (C=O) groups is 1. The molecular weight excluding hydrogens is 789 g/mol. The molecule has 1 saturated heterocycles. The molecule has 0 radical (unpaired) electrons. The number of aliphatic hydroxyl groups is 3. The third kappa shape index (κ3) is 31.6. The monoisotopic (exact) mass is 871 g/mol. The van der Waals surface area contributed by atoms with Crippen molar-refractivity contribution in [3.05, 3.63) is 60.8 Å². The van der Waals surface area contributed by atoms with E-state index in [1.165, 1.54) is 57.8 Å². The quantitative estimate of drug-likeness (QED) is 0.0199. The summed E-state index contributed by atoms with van der Waals surface area (Å²) >= 11 is 0. The number of esters is 1. The molecule has 0 aromatic carbocycles. The maximum Gasteiger partial charge on any atom is 0.397 e. The topological polar surface area (TPSA) is 178 Å². The molecule has 4 N–H and O–H groups in total. The molecule has 1 heterocycles. The van der Waals surface area contributed by atoms with Gasteiger partial charge in [-0.3, -0.25) is 9.35 Å². The van der Waals surface area contributed by atoms with E-state index in [1.54, 1.807) is 0 Å². The lowest BCUT2D eigenvalue weighted by Crippen LogP contribution is -2.60. The van der Waals surface area contributed by atoms with Crippen molar-refractivity contribution in [1.29, 1.82) is 0 Å². The van der Waals surface area contributed by atoms with Gasteiger partial charge in [0.1, 0.15) is 30.5 Å². The van der Waals surface area contributed by atoms with E-state index in [9.17, 15) is 28.5 Å². The van der Waals surface area contributed by atoms with Crippen LogP contribution in [0.15, 0.2) is 60.8 Å². The molecule has 13 heteroatoms. The Hall–Kier alpha value is -2.20. The van der Waals surface area contributed by atoms with E-state index in [1.807, 2.05) is 0 Å². The van der Waals surface area contributed by atoms with Gasteiger partial charge in [0.15, 0.2) is 6.29 Å². The number of allylic oxidation sites excluding steroid dienone is 10.